The second-order valence-corrected chi connectivity index (χ2v) is 5.08. The van der Waals surface area contributed by atoms with E-state index in [9.17, 15) is 4.39 Å². The van der Waals surface area contributed by atoms with Crippen molar-refractivity contribution < 1.29 is 19.0 Å². The van der Waals surface area contributed by atoms with Crippen LogP contribution in [-0.4, -0.2) is 47.7 Å². The van der Waals surface area contributed by atoms with Gasteiger partial charge in [-0.1, -0.05) is 0 Å². The Bertz CT molecular complexity index is 412. The number of nitrogens with zero attached hydrogens (tertiary/aromatic N) is 2. The van der Waals surface area contributed by atoms with Gasteiger partial charge in [0, 0.05) is 29.8 Å². The fourth-order valence-corrected chi connectivity index (χ4v) is 2.08. The summed E-state index contributed by atoms with van der Waals surface area (Å²) in [5.41, 5.74) is 0. The third-order valence-electron chi connectivity index (χ3n) is 2.73. The van der Waals surface area contributed by atoms with Crippen molar-refractivity contribution in [2.45, 2.75) is 18.9 Å². The lowest BCUT2D eigenvalue weighted by molar-refractivity contribution is -0.122. The zero-order valence-corrected chi connectivity index (χ0v) is 12.1. The van der Waals surface area contributed by atoms with Crippen LogP contribution in [0.4, 0.5) is 4.39 Å². The molecule has 1 N–H and O–H groups in total. The maximum absolute atomic E-state index is 13.3. The fraction of sp³-hybridized carbons (Fsp3) is 0.500. The smallest absolute Gasteiger partial charge is 0.290 e. The summed E-state index contributed by atoms with van der Waals surface area (Å²) in [6.07, 6.45) is 3.39. The largest absolute Gasteiger partial charge is 0.485 e. The van der Waals surface area contributed by atoms with E-state index in [4.69, 9.17) is 14.6 Å². The molecule has 1 saturated heterocycles. The van der Waals surface area contributed by atoms with Crippen molar-refractivity contribution in [2.75, 3.05) is 20.1 Å². The minimum absolute atomic E-state index is 0.0989. The van der Waals surface area contributed by atoms with E-state index < -0.39 is 5.95 Å². The summed E-state index contributed by atoms with van der Waals surface area (Å²) in [5.74, 6) is -0.300. The Labute approximate surface area is 119 Å². The number of carboxylic acid groups (broad SMARTS) is 1. The molecule has 0 bridgehead atoms. The predicted molar refractivity (Wildman–Crippen MR) is 71.7 cm³/mol. The lowest BCUT2D eigenvalue weighted by Gasteiger charge is -2.29. The van der Waals surface area contributed by atoms with Gasteiger partial charge in [-0.05, 0) is 35.8 Å². The first-order chi connectivity index (χ1) is 9.06. The van der Waals surface area contributed by atoms with Crippen molar-refractivity contribution in [1.82, 2.24) is 9.88 Å². The molecule has 0 saturated carbocycles. The Morgan fingerprint density at radius 1 is 1.58 bits per heavy atom. The van der Waals surface area contributed by atoms with Crippen LogP contribution in [-0.2, 0) is 4.79 Å². The quantitative estimate of drug-likeness (QED) is 0.663. The molecule has 2 heterocycles. The molecule has 0 amide bonds. The van der Waals surface area contributed by atoms with Gasteiger partial charge in [-0.25, -0.2) is 4.98 Å². The molecule has 2 rings (SSSR count). The predicted octanol–water partition coefficient (Wildman–Crippen LogP) is 2.16. The van der Waals surface area contributed by atoms with Gasteiger partial charge in [0.25, 0.3) is 12.4 Å². The molecular weight excluding hydrogens is 319 g/mol. The first-order valence-electron chi connectivity index (χ1n) is 5.81. The average Bonchev–Trinajstić information content (AvgIpc) is 2.38. The van der Waals surface area contributed by atoms with Gasteiger partial charge in [0.2, 0.25) is 0 Å². The van der Waals surface area contributed by atoms with E-state index >= 15 is 0 Å². The molecule has 0 aliphatic carbocycles. The van der Waals surface area contributed by atoms with E-state index in [1.54, 1.807) is 6.07 Å². The van der Waals surface area contributed by atoms with E-state index in [0.29, 0.717) is 0 Å². The molecule has 0 spiro atoms. The molecular formula is C12H16BrFN2O3. The normalized spacial score (nSPS) is 16.4. The Hall–Kier alpha value is -1.21. The first kappa shape index (κ1) is 15.8. The van der Waals surface area contributed by atoms with Gasteiger partial charge in [0.05, 0.1) is 0 Å². The third kappa shape index (κ3) is 5.52. The molecule has 1 aromatic heterocycles. The second-order valence-electron chi connectivity index (χ2n) is 4.17. The van der Waals surface area contributed by atoms with Crippen molar-refractivity contribution in [2.24, 2.45) is 0 Å². The number of hydrogen-bond donors (Lipinski definition) is 1. The van der Waals surface area contributed by atoms with E-state index in [0.717, 1.165) is 30.4 Å². The highest BCUT2D eigenvalue weighted by atomic mass is 79.9. The first-order valence-corrected chi connectivity index (χ1v) is 6.60. The second kappa shape index (κ2) is 8.06. The van der Waals surface area contributed by atoms with Gasteiger partial charge < -0.3 is 14.7 Å². The van der Waals surface area contributed by atoms with Crippen molar-refractivity contribution in [3.05, 3.63) is 22.7 Å². The van der Waals surface area contributed by atoms with Crippen LogP contribution in [0, 0.1) is 5.95 Å². The summed E-state index contributed by atoms with van der Waals surface area (Å²) in [6.45, 7) is 1.74. The zero-order valence-electron chi connectivity index (χ0n) is 10.6. The highest BCUT2D eigenvalue weighted by Crippen LogP contribution is 2.23. The van der Waals surface area contributed by atoms with Crippen LogP contribution >= 0.6 is 15.9 Å². The summed E-state index contributed by atoms with van der Waals surface area (Å²) >= 11 is 3.25. The minimum atomic E-state index is -0.540. The van der Waals surface area contributed by atoms with Crippen molar-refractivity contribution in [3.8, 4) is 5.75 Å². The molecule has 0 radical (unpaired) electrons. The van der Waals surface area contributed by atoms with E-state index in [2.05, 4.69) is 32.9 Å². The molecule has 1 aliphatic rings. The van der Waals surface area contributed by atoms with Gasteiger partial charge in [0.15, 0.2) is 5.75 Å². The summed E-state index contributed by atoms with van der Waals surface area (Å²) < 4.78 is 19.7. The number of carbonyl (C=O) groups is 1. The molecule has 19 heavy (non-hydrogen) atoms. The Morgan fingerprint density at radius 3 is 2.74 bits per heavy atom. The van der Waals surface area contributed by atoms with Gasteiger partial charge >= 0.3 is 0 Å². The average molecular weight is 335 g/mol. The molecule has 0 unspecified atom stereocenters. The SMILES string of the molecule is CN1CCC(Oc2cc(Br)cnc2F)CC1.O=CO. The van der Waals surface area contributed by atoms with E-state index in [1.807, 2.05) is 0 Å². The van der Waals surface area contributed by atoms with E-state index in [1.165, 1.54) is 6.20 Å². The summed E-state index contributed by atoms with van der Waals surface area (Å²) in [4.78, 5) is 14.2. The molecule has 1 aromatic rings. The molecule has 5 nitrogen and oxygen atoms in total. The molecule has 0 atom stereocenters. The monoisotopic (exact) mass is 334 g/mol. The van der Waals surface area contributed by atoms with Crippen molar-refractivity contribution in [3.63, 3.8) is 0 Å². The number of aromatic nitrogens is 1. The van der Waals surface area contributed by atoms with Crippen LogP contribution in [0.3, 0.4) is 0 Å². The highest BCUT2D eigenvalue weighted by Gasteiger charge is 2.19. The van der Waals surface area contributed by atoms with Crippen LogP contribution < -0.4 is 4.74 Å². The maximum Gasteiger partial charge on any atom is 0.290 e. The number of rotatable bonds is 2. The molecule has 1 fully saturated rings. The number of hydrogen-bond acceptors (Lipinski definition) is 4. The van der Waals surface area contributed by atoms with E-state index in [-0.39, 0.29) is 18.3 Å². The van der Waals surface area contributed by atoms with Crippen molar-refractivity contribution in [1.29, 1.82) is 0 Å². The summed E-state index contributed by atoms with van der Waals surface area (Å²) in [6, 6.07) is 1.63. The number of halogens is 2. The number of piperidine rings is 1. The topological polar surface area (TPSA) is 62.7 Å². The lowest BCUT2D eigenvalue weighted by atomic mass is 10.1. The van der Waals surface area contributed by atoms with Crippen LogP contribution in [0.25, 0.3) is 0 Å². The van der Waals surface area contributed by atoms with Crippen LogP contribution in [0.2, 0.25) is 0 Å². The van der Waals surface area contributed by atoms with Gasteiger partial charge in [0.1, 0.15) is 6.10 Å². The number of ether oxygens (including phenoxy) is 1. The highest BCUT2D eigenvalue weighted by molar-refractivity contribution is 9.10. The van der Waals surface area contributed by atoms with Crippen LogP contribution in [0.1, 0.15) is 12.8 Å². The van der Waals surface area contributed by atoms with Crippen LogP contribution in [0.5, 0.6) is 5.75 Å². The van der Waals surface area contributed by atoms with Gasteiger partial charge in [-0.3, -0.25) is 4.79 Å². The maximum atomic E-state index is 13.3. The molecule has 0 aromatic carbocycles. The standard InChI is InChI=1S/C11H14BrFN2O.CH2O2/c1-15-4-2-9(3-5-15)16-10-6-8(12)7-14-11(10)13;2-1-3/h6-7,9H,2-5H2,1H3;1H,(H,2,3). The Kier molecular flexibility index (Phi) is 6.72. The van der Waals surface area contributed by atoms with Gasteiger partial charge in [-0.15, -0.1) is 0 Å². The molecule has 7 heteroatoms. The third-order valence-corrected chi connectivity index (χ3v) is 3.17. The van der Waals surface area contributed by atoms with Gasteiger partial charge in [-0.2, -0.15) is 4.39 Å². The number of likely N-dealkylation sites (tertiary alicyclic amines) is 1. The Morgan fingerprint density at radius 2 is 2.16 bits per heavy atom. The zero-order chi connectivity index (χ0) is 14.3. The molecule has 1 aliphatic heterocycles. The van der Waals surface area contributed by atoms with Crippen LogP contribution in [0.15, 0.2) is 16.7 Å². The Balaban J connectivity index is 0.000000550. The lowest BCUT2D eigenvalue weighted by Crippen LogP contribution is -2.35. The minimum Gasteiger partial charge on any atom is -0.485 e. The number of pyridine rings is 1. The van der Waals surface area contributed by atoms with Crippen molar-refractivity contribution >= 4 is 22.4 Å². The summed E-state index contributed by atoms with van der Waals surface area (Å²) in [7, 11) is 2.08. The molecule has 106 valence electrons. The fourth-order valence-electron chi connectivity index (χ4n) is 1.77. The summed E-state index contributed by atoms with van der Waals surface area (Å²) in [5, 5.41) is 6.89.